The summed E-state index contributed by atoms with van der Waals surface area (Å²) >= 11 is 12.1. The van der Waals surface area contributed by atoms with Crippen LogP contribution in [0.3, 0.4) is 0 Å². The third-order valence-electron chi connectivity index (χ3n) is 6.89. The summed E-state index contributed by atoms with van der Waals surface area (Å²) in [4.78, 5) is 17.5. The van der Waals surface area contributed by atoms with Crippen LogP contribution in [0.4, 0.5) is 4.39 Å². The summed E-state index contributed by atoms with van der Waals surface area (Å²) in [6.07, 6.45) is 5.23. The van der Waals surface area contributed by atoms with Crippen LogP contribution in [-0.2, 0) is 13.0 Å². The number of hydrogen-bond acceptors (Lipinski definition) is 3. The van der Waals surface area contributed by atoms with E-state index in [0.717, 1.165) is 23.6 Å². The number of fused-ring (bicyclic) bond motifs is 2. The van der Waals surface area contributed by atoms with Gasteiger partial charge in [0.1, 0.15) is 23.9 Å². The maximum Gasteiger partial charge on any atom is 0.270 e. The van der Waals surface area contributed by atoms with Crippen LogP contribution in [0.25, 0.3) is 0 Å². The number of nitrogens with zero attached hydrogens (tertiary/aromatic N) is 1. The van der Waals surface area contributed by atoms with Crippen molar-refractivity contribution in [2.75, 3.05) is 0 Å². The lowest BCUT2D eigenvalue weighted by Crippen LogP contribution is -2.38. The van der Waals surface area contributed by atoms with Gasteiger partial charge >= 0.3 is 0 Å². The average molecular weight is 499 g/mol. The number of carbonyl (C=O) groups is 1. The first-order chi connectivity index (χ1) is 16.4. The Bertz CT molecular complexity index is 1220. The molecular weight excluding hydrogens is 474 g/mol. The van der Waals surface area contributed by atoms with Crippen molar-refractivity contribution in [2.45, 2.75) is 44.8 Å². The van der Waals surface area contributed by atoms with E-state index in [1.54, 1.807) is 36.4 Å². The van der Waals surface area contributed by atoms with Crippen LogP contribution in [0, 0.1) is 17.7 Å². The van der Waals surface area contributed by atoms with Gasteiger partial charge in [-0.3, -0.25) is 4.79 Å². The van der Waals surface area contributed by atoms with Gasteiger partial charge in [-0.05, 0) is 73.6 Å². The van der Waals surface area contributed by atoms with E-state index in [2.05, 4.69) is 10.3 Å². The molecule has 2 aliphatic carbocycles. The summed E-state index contributed by atoms with van der Waals surface area (Å²) in [6, 6.07) is 15.5. The number of amides is 1. The van der Waals surface area contributed by atoms with Crippen molar-refractivity contribution in [3.05, 3.63) is 93.0 Å². The van der Waals surface area contributed by atoms with Crippen LogP contribution >= 0.6 is 23.2 Å². The molecule has 34 heavy (non-hydrogen) atoms. The number of ether oxygens (including phenoxy) is 1. The zero-order valence-corrected chi connectivity index (χ0v) is 20.1. The minimum atomic E-state index is -0.418. The van der Waals surface area contributed by atoms with Gasteiger partial charge in [-0.25, -0.2) is 9.37 Å². The highest BCUT2D eigenvalue weighted by molar-refractivity contribution is 6.30. The minimum Gasteiger partial charge on any atom is -0.489 e. The molecule has 2 aliphatic rings. The Kier molecular flexibility index (Phi) is 6.75. The number of rotatable bonds is 7. The summed E-state index contributed by atoms with van der Waals surface area (Å²) < 4.78 is 20.1. The molecule has 3 atom stereocenters. The van der Waals surface area contributed by atoms with Gasteiger partial charge in [0.05, 0.1) is 0 Å². The lowest BCUT2D eigenvalue weighted by Gasteiger charge is -2.22. The first-order valence-corrected chi connectivity index (χ1v) is 12.3. The van der Waals surface area contributed by atoms with E-state index >= 15 is 0 Å². The zero-order chi connectivity index (χ0) is 23.7. The monoisotopic (exact) mass is 498 g/mol. The van der Waals surface area contributed by atoms with E-state index in [4.69, 9.17) is 27.9 Å². The highest BCUT2D eigenvalue weighted by atomic mass is 35.5. The number of hydrogen-bond donors (Lipinski definition) is 1. The molecular formula is C27H25Cl2FN2O2. The van der Waals surface area contributed by atoms with Gasteiger partial charge < -0.3 is 10.1 Å². The molecule has 5 rings (SSSR count). The van der Waals surface area contributed by atoms with Crippen LogP contribution in [0.15, 0.2) is 54.6 Å². The van der Waals surface area contributed by atoms with Crippen molar-refractivity contribution in [3.8, 4) is 5.75 Å². The molecule has 3 aromatic rings. The summed E-state index contributed by atoms with van der Waals surface area (Å²) in [6.45, 7) is 0.0526. The standard InChI is InChI=1S/C27H25Cl2FN2O2/c28-20-8-9-26(34-15-18-6-7-21(29)14-23(18)30)19(12-20)13-22-2-1-3-24(31-22)27(33)32-25-11-16-4-5-17(25)10-16/h1-3,6-9,12,14,16-17,25H,4-5,10-11,13,15H2,(H,32,33)/t16-,17+,25+/m1/s1. The van der Waals surface area contributed by atoms with Gasteiger partial charge in [-0.2, -0.15) is 0 Å². The largest absolute Gasteiger partial charge is 0.489 e. The molecule has 0 radical (unpaired) electrons. The van der Waals surface area contributed by atoms with Crippen molar-refractivity contribution in [2.24, 2.45) is 11.8 Å². The Balaban J connectivity index is 1.29. The molecule has 0 saturated heterocycles. The van der Waals surface area contributed by atoms with Crippen molar-refractivity contribution >= 4 is 29.1 Å². The summed E-state index contributed by atoms with van der Waals surface area (Å²) in [5.41, 5.74) is 2.35. The molecule has 2 aromatic carbocycles. The van der Waals surface area contributed by atoms with E-state index in [-0.39, 0.29) is 18.6 Å². The second-order valence-electron chi connectivity index (χ2n) is 9.22. The zero-order valence-electron chi connectivity index (χ0n) is 18.6. The molecule has 0 aliphatic heterocycles. The van der Waals surface area contributed by atoms with Crippen molar-refractivity contribution in [1.82, 2.24) is 10.3 Å². The molecule has 176 valence electrons. The summed E-state index contributed by atoms with van der Waals surface area (Å²) in [5, 5.41) is 4.09. The average Bonchev–Trinajstić information content (AvgIpc) is 3.43. The molecule has 4 nitrogen and oxygen atoms in total. The maximum absolute atomic E-state index is 14.1. The van der Waals surface area contributed by atoms with Gasteiger partial charge in [0.25, 0.3) is 5.91 Å². The first-order valence-electron chi connectivity index (χ1n) is 11.6. The van der Waals surface area contributed by atoms with E-state index in [9.17, 15) is 9.18 Å². The number of pyridine rings is 1. The van der Waals surface area contributed by atoms with Crippen molar-refractivity contribution < 1.29 is 13.9 Å². The Morgan fingerprint density at radius 3 is 2.62 bits per heavy atom. The number of nitrogens with one attached hydrogen (secondary N) is 1. The predicted molar refractivity (Wildman–Crippen MR) is 131 cm³/mol. The fraction of sp³-hybridized carbons (Fsp3) is 0.333. The van der Waals surface area contributed by atoms with Gasteiger partial charge in [0, 0.05) is 39.3 Å². The molecule has 0 unspecified atom stereocenters. The molecule has 2 bridgehead atoms. The molecule has 2 saturated carbocycles. The summed E-state index contributed by atoms with van der Waals surface area (Å²) in [5.74, 6) is 1.41. The third-order valence-corrected chi connectivity index (χ3v) is 7.36. The van der Waals surface area contributed by atoms with E-state index < -0.39 is 5.82 Å². The molecule has 1 amide bonds. The fourth-order valence-corrected chi connectivity index (χ4v) is 5.54. The highest BCUT2D eigenvalue weighted by Gasteiger charge is 2.40. The molecule has 1 aromatic heterocycles. The summed E-state index contributed by atoms with van der Waals surface area (Å²) in [7, 11) is 0. The lowest BCUT2D eigenvalue weighted by atomic mass is 9.95. The number of halogens is 3. The maximum atomic E-state index is 14.1. The molecule has 7 heteroatoms. The number of carbonyl (C=O) groups excluding carboxylic acids is 1. The number of benzene rings is 2. The van der Waals surface area contributed by atoms with Gasteiger partial charge in [0.2, 0.25) is 0 Å². The third kappa shape index (κ3) is 5.21. The number of aromatic nitrogens is 1. The highest BCUT2D eigenvalue weighted by Crippen LogP contribution is 2.44. The smallest absolute Gasteiger partial charge is 0.270 e. The van der Waals surface area contributed by atoms with Crippen LogP contribution in [-0.4, -0.2) is 16.9 Å². The Labute approximate surface area is 208 Å². The van der Waals surface area contributed by atoms with E-state index in [1.807, 2.05) is 12.1 Å². The van der Waals surface area contributed by atoms with Crippen LogP contribution in [0.2, 0.25) is 10.0 Å². The molecule has 1 N–H and O–H groups in total. The van der Waals surface area contributed by atoms with E-state index in [0.29, 0.717) is 39.4 Å². The molecule has 0 spiro atoms. The van der Waals surface area contributed by atoms with Crippen LogP contribution in [0.5, 0.6) is 5.75 Å². The fourth-order valence-electron chi connectivity index (χ4n) is 5.18. The van der Waals surface area contributed by atoms with Crippen molar-refractivity contribution in [1.29, 1.82) is 0 Å². The normalized spacial score (nSPS) is 21.0. The Morgan fingerprint density at radius 2 is 1.85 bits per heavy atom. The second-order valence-corrected chi connectivity index (χ2v) is 10.1. The lowest BCUT2D eigenvalue weighted by molar-refractivity contribution is 0.0917. The molecule has 1 heterocycles. The second kappa shape index (κ2) is 9.93. The van der Waals surface area contributed by atoms with Crippen molar-refractivity contribution in [3.63, 3.8) is 0 Å². The SMILES string of the molecule is O=C(N[C@H]1C[C@@H]2CC[C@H]1C2)c1cccc(Cc2cc(Cl)ccc2OCc2ccc(Cl)cc2F)n1. The van der Waals surface area contributed by atoms with Gasteiger partial charge in [0.15, 0.2) is 0 Å². The topological polar surface area (TPSA) is 51.2 Å². The Morgan fingerprint density at radius 1 is 1.03 bits per heavy atom. The van der Waals surface area contributed by atoms with Crippen LogP contribution < -0.4 is 10.1 Å². The van der Waals surface area contributed by atoms with Gasteiger partial charge in [-0.15, -0.1) is 0 Å². The van der Waals surface area contributed by atoms with E-state index in [1.165, 1.54) is 25.3 Å². The quantitative estimate of drug-likeness (QED) is 0.398. The predicted octanol–water partition coefficient (Wildman–Crippen LogP) is 6.62. The first kappa shape index (κ1) is 23.1. The minimum absolute atomic E-state index is 0.0526. The van der Waals surface area contributed by atoms with Crippen LogP contribution in [0.1, 0.15) is 53.0 Å². The van der Waals surface area contributed by atoms with Gasteiger partial charge in [-0.1, -0.05) is 41.8 Å². The Hall–Kier alpha value is -2.63. The molecule has 2 fully saturated rings.